The number of hydrogen-bond donors (Lipinski definition) is 0. The van der Waals surface area contributed by atoms with E-state index in [0.717, 1.165) is 16.9 Å². The summed E-state index contributed by atoms with van der Waals surface area (Å²) < 4.78 is 0. The molecule has 0 spiro atoms. The van der Waals surface area contributed by atoms with Gasteiger partial charge in [0.2, 0.25) is 0 Å². The first-order valence-corrected chi connectivity index (χ1v) is 6.22. The third-order valence-electron chi connectivity index (χ3n) is 3.06. The third-order valence-corrected chi connectivity index (χ3v) is 4.12. The van der Waals surface area contributed by atoms with Crippen molar-refractivity contribution in [3.8, 4) is 0 Å². The van der Waals surface area contributed by atoms with Gasteiger partial charge in [-0.05, 0) is 29.9 Å². The lowest BCUT2D eigenvalue weighted by Gasteiger charge is -2.06. The van der Waals surface area contributed by atoms with Crippen LogP contribution in [0.3, 0.4) is 0 Å². The summed E-state index contributed by atoms with van der Waals surface area (Å²) in [6, 6.07) is 2.03. The molecule has 0 atom stereocenters. The zero-order valence-electron chi connectivity index (χ0n) is 8.58. The van der Waals surface area contributed by atoms with Crippen molar-refractivity contribution in [2.75, 3.05) is 0 Å². The highest BCUT2D eigenvalue weighted by Gasteiger charge is 2.20. The van der Waals surface area contributed by atoms with E-state index in [0.29, 0.717) is 11.7 Å². The van der Waals surface area contributed by atoms with Crippen molar-refractivity contribution in [2.45, 2.75) is 39.0 Å². The van der Waals surface area contributed by atoms with Crippen molar-refractivity contribution in [3.05, 3.63) is 21.9 Å². The average molecular weight is 208 g/mol. The lowest BCUT2D eigenvalue weighted by molar-refractivity contribution is 0.0965. The van der Waals surface area contributed by atoms with Gasteiger partial charge in [0.15, 0.2) is 5.78 Å². The molecule has 1 fully saturated rings. The maximum Gasteiger partial charge on any atom is 0.173 e. The molecule has 2 heteroatoms. The van der Waals surface area contributed by atoms with Crippen LogP contribution in [0.4, 0.5) is 0 Å². The van der Waals surface area contributed by atoms with E-state index in [1.165, 1.54) is 25.7 Å². The van der Waals surface area contributed by atoms with Gasteiger partial charge < -0.3 is 0 Å². The van der Waals surface area contributed by atoms with Gasteiger partial charge >= 0.3 is 0 Å². The van der Waals surface area contributed by atoms with Crippen LogP contribution >= 0.6 is 11.3 Å². The highest BCUT2D eigenvalue weighted by atomic mass is 32.1. The average Bonchev–Trinajstić information content (AvgIpc) is 2.75. The van der Waals surface area contributed by atoms with Gasteiger partial charge in [0.25, 0.3) is 0 Å². The molecular weight excluding hydrogens is 192 g/mol. The molecule has 1 aromatic rings. The first-order valence-electron chi connectivity index (χ1n) is 5.34. The van der Waals surface area contributed by atoms with E-state index in [4.69, 9.17) is 0 Å². The largest absolute Gasteiger partial charge is 0.293 e. The van der Waals surface area contributed by atoms with Gasteiger partial charge in [-0.2, -0.15) is 0 Å². The monoisotopic (exact) mass is 208 g/mol. The number of thiophene rings is 1. The standard InChI is InChI=1S/C12H16OS/c1-9-6-7-14-12(9)11(13)8-10-4-2-3-5-10/h6-7,10H,2-5,8H2,1H3. The summed E-state index contributed by atoms with van der Waals surface area (Å²) in [6.45, 7) is 2.03. The van der Waals surface area contributed by atoms with Crippen LogP contribution in [0.15, 0.2) is 11.4 Å². The first-order chi connectivity index (χ1) is 6.77. The number of ketones is 1. The minimum atomic E-state index is 0.365. The Morgan fingerprint density at radius 1 is 1.50 bits per heavy atom. The summed E-state index contributed by atoms with van der Waals surface area (Å²) >= 11 is 1.59. The van der Waals surface area contributed by atoms with Gasteiger partial charge in [-0.15, -0.1) is 11.3 Å². The molecular formula is C12H16OS. The van der Waals surface area contributed by atoms with Crippen molar-refractivity contribution in [1.29, 1.82) is 0 Å². The van der Waals surface area contributed by atoms with Gasteiger partial charge in [0.05, 0.1) is 4.88 Å². The minimum absolute atomic E-state index is 0.365. The molecule has 14 heavy (non-hydrogen) atoms. The number of hydrogen-bond acceptors (Lipinski definition) is 2. The lowest BCUT2D eigenvalue weighted by Crippen LogP contribution is -2.05. The lowest BCUT2D eigenvalue weighted by atomic mass is 9.99. The Morgan fingerprint density at radius 2 is 2.21 bits per heavy atom. The van der Waals surface area contributed by atoms with Crippen LogP contribution in [0.1, 0.15) is 47.3 Å². The quantitative estimate of drug-likeness (QED) is 0.690. The van der Waals surface area contributed by atoms with E-state index in [-0.39, 0.29) is 0 Å². The summed E-state index contributed by atoms with van der Waals surface area (Å²) in [4.78, 5) is 12.9. The summed E-state index contributed by atoms with van der Waals surface area (Å²) in [5.41, 5.74) is 1.15. The van der Waals surface area contributed by atoms with E-state index < -0.39 is 0 Å². The van der Waals surface area contributed by atoms with Crippen molar-refractivity contribution in [1.82, 2.24) is 0 Å². The van der Waals surface area contributed by atoms with Gasteiger partial charge in [0.1, 0.15) is 0 Å². The van der Waals surface area contributed by atoms with E-state index >= 15 is 0 Å². The Balaban J connectivity index is 1.98. The molecule has 0 N–H and O–H groups in total. The first kappa shape index (κ1) is 9.91. The SMILES string of the molecule is Cc1ccsc1C(=O)CC1CCCC1. The maximum absolute atomic E-state index is 11.9. The topological polar surface area (TPSA) is 17.1 Å². The smallest absolute Gasteiger partial charge is 0.173 e. The minimum Gasteiger partial charge on any atom is -0.293 e. The molecule has 1 heterocycles. The number of Topliss-reactive ketones (excluding diaryl/α,β-unsaturated/α-hetero) is 1. The summed E-state index contributed by atoms with van der Waals surface area (Å²) in [5, 5.41) is 2.01. The van der Waals surface area contributed by atoms with Gasteiger partial charge in [0, 0.05) is 6.42 Å². The molecule has 76 valence electrons. The van der Waals surface area contributed by atoms with Crippen LogP contribution < -0.4 is 0 Å². The fraction of sp³-hybridized carbons (Fsp3) is 0.583. The molecule has 0 saturated heterocycles. The Morgan fingerprint density at radius 3 is 2.79 bits per heavy atom. The zero-order chi connectivity index (χ0) is 9.97. The fourth-order valence-electron chi connectivity index (χ4n) is 2.23. The van der Waals surface area contributed by atoms with Crippen LogP contribution in [0.2, 0.25) is 0 Å². The molecule has 1 saturated carbocycles. The van der Waals surface area contributed by atoms with E-state index in [2.05, 4.69) is 0 Å². The second-order valence-electron chi connectivity index (χ2n) is 4.21. The molecule has 0 aromatic carbocycles. The Labute approximate surface area is 89.1 Å². The maximum atomic E-state index is 11.9. The predicted octanol–water partition coefficient (Wildman–Crippen LogP) is 3.82. The molecule has 0 radical (unpaired) electrons. The van der Waals surface area contributed by atoms with E-state index in [1.54, 1.807) is 11.3 Å². The van der Waals surface area contributed by atoms with Gasteiger partial charge in [-0.3, -0.25) is 4.79 Å². The molecule has 1 aromatic heterocycles. The molecule has 1 nitrogen and oxygen atoms in total. The van der Waals surface area contributed by atoms with Crippen LogP contribution in [0.25, 0.3) is 0 Å². The van der Waals surface area contributed by atoms with Crippen LogP contribution in [0.5, 0.6) is 0 Å². The molecule has 0 bridgehead atoms. The Kier molecular flexibility index (Phi) is 3.02. The highest BCUT2D eigenvalue weighted by molar-refractivity contribution is 7.12. The zero-order valence-corrected chi connectivity index (χ0v) is 9.40. The van der Waals surface area contributed by atoms with Crippen molar-refractivity contribution in [2.24, 2.45) is 5.92 Å². The van der Waals surface area contributed by atoms with E-state index in [9.17, 15) is 4.79 Å². The van der Waals surface area contributed by atoms with Crippen molar-refractivity contribution >= 4 is 17.1 Å². The summed E-state index contributed by atoms with van der Waals surface area (Å²) in [5.74, 6) is 1.04. The van der Waals surface area contributed by atoms with Crippen LogP contribution in [0, 0.1) is 12.8 Å². The second kappa shape index (κ2) is 4.26. The number of carbonyl (C=O) groups is 1. The fourth-order valence-corrected chi connectivity index (χ4v) is 3.10. The molecule has 0 amide bonds. The van der Waals surface area contributed by atoms with Crippen LogP contribution in [-0.4, -0.2) is 5.78 Å². The number of rotatable bonds is 3. The summed E-state index contributed by atoms with van der Waals surface area (Å²) in [7, 11) is 0. The molecule has 1 aliphatic carbocycles. The Hall–Kier alpha value is -0.630. The Bertz CT molecular complexity index is 321. The number of aryl methyl sites for hydroxylation is 1. The van der Waals surface area contributed by atoms with Crippen molar-refractivity contribution in [3.63, 3.8) is 0 Å². The highest BCUT2D eigenvalue weighted by Crippen LogP contribution is 2.30. The number of carbonyl (C=O) groups excluding carboxylic acids is 1. The predicted molar refractivity (Wildman–Crippen MR) is 60.0 cm³/mol. The molecule has 2 rings (SSSR count). The van der Waals surface area contributed by atoms with Crippen LogP contribution in [-0.2, 0) is 0 Å². The second-order valence-corrected chi connectivity index (χ2v) is 5.13. The molecule has 0 aliphatic heterocycles. The van der Waals surface area contributed by atoms with E-state index in [1.807, 2.05) is 18.4 Å². The molecule has 0 unspecified atom stereocenters. The normalized spacial score (nSPS) is 17.5. The summed E-state index contributed by atoms with van der Waals surface area (Å²) in [6.07, 6.45) is 5.94. The molecule has 1 aliphatic rings. The third kappa shape index (κ3) is 2.06. The van der Waals surface area contributed by atoms with Crippen molar-refractivity contribution < 1.29 is 4.79 Å². The van der Waals surface area contributed by atoms with Gasteiger partial charge in [-0.25, -0.2) is 0 Å². The van der Waals surface area contributed by atoms with Gasteiger partial charge in [-0.1, -0.05) is 25.7 Å².